The molecule has 1 unspecified atom stereocenters. The standard InChI is InChI=1S/C24H46N6.HI/c1-25-23(29-16-9-22(20-29)19-28-12-5-3-6-13-28)26-21-24(10-17-27(2)18-11-24)30-14-7-4-8-15-30;/h22H,3-21H2,1-2H3,(H,25,26);1H. The lowest BCUT2D eigenvalue weighted by atomic mass is 9.84. The van der Waals surface area contributed by atoms with E-state index in [1.165, 1.54) is 110 Å². The van der Waals surface area contributed by atoms with Crippen molar-refractivity contribution < 1.29 is 0 Å². The highest BCUT2D eigenvalue weighted by Crippen LogP contribution is 2.31. The van der Waals surface area contributed by atoms with Gasteiger partial charge in [-0.15, -0.1) is 24.0 Å². The number of nitrogens with one attached hydrogen (secondary N) is 1. The zero-order chi connectivity index (χ0) is 20.8. The third-order valence-electron chi connectivity index (χ3n) is 8.28. The maximum atomic E-state index is 4.72. The van der Waals surface area contributed by atoms with Gasteiger partial charge in [-0.1, -0.05) is 12.8 Å². The first-order valence-corrected chi connectivity index (χ1v) is 12.8. The molecule has 31 heavy (non-hydrogen) atoms. The SMILES string of the molecule is CN=C(NCC1(N2CCCCC2)CCN(C)CC1)N1CCC(CN2CCCCC2)C1.I. The minimum Gasteiger partial charge on any atom is -0.354 e. The van der Waals surface area contributed by atoms with Gasteiger partial charge in [-0.3, -0.25) is 9.89 Å². The molecule has 4 saturated heterocycles. The predicted molar refractivity (Wildman–Crippen MR) is 142 cm³/mol. The Bertz CT molecular complexity index is 550. The van der Waals surface area contributed by atoms with Gasteiger partial charge in [-0.25, -0.2) is 0 Å². The van der Waals surface area contributed by atoms with Crippen LogP contribution in [0.25, 0.3) is 0 Å². The minimum atomic E-state index is 0. The molecule has 4 rings (SSSR count). The second kappa shape index (κ2) is 12.4. The van der Waals surface area contributed by atoms with E-state index in [4.69, 9.17) is 4.99 Å². The predicted octanol–water partition coefficient (Wildman–Crippen LogP) is 2.94. The van der Waals surface area contributed by atoms with Gasteiger partial charge in [0, 0.05) is 38.8 Å². The van der Waals surface area contributed by atoms with E-state index >= 15 is 0 Å². The van der Waals surface area contributed by atoms with Crippen LogP contribution < -0.4 is 5.32 Å². The van der Waals surface area contributed by atoms with E-state index in [9.17, 15) is 0 Å². The largest absolute Gasteiger partial charge is 0.354 e. The molecule has 4 aliphatic heterocycles. The van der Waals surface area contributed by atoms with Crippen LogP contribution in [0.4, 0.5) is 0 Å². The van der Waals surface area contributed by atoms with Crippen LogP contribution in [0.1, 0.15) is 57.8 Å². The Labute approximate surface area is 208 Å². The number of nitrogens with zero attached hydrogens (tertiary/aromatic N) is 5. The summed E-state index contributed by atoms with van der Waals surface area (Å²) in [6.45, 7) is 12.3. The molecule has 7 heteroatoms. The van der Waals surface area contributed by atoms with E-state index in [1.54, 1.807) is 0 Å². The molecule has 0 aromatic heterocycles. The monoisotopic (exact) mass is 546 g/mol. The molecule has 4 heterocycles. The number of rotatable bonds is 5. The zero-order valence-electron chi connectivity index (χ0n) is 20.2. The number of hydrogen-bond acceptors (Lipinski definition) is 4. The van der Waals surface area contributed by atoms with Crippen molar-refractivity contribution in [2.45, 2.75) is 63.3 Å². The maximum absolute atomic E-state index is 4.72. The molecule has 0 amide bonds. The van der Waals surface area contributed by atoms with Gasteiger partial charge < -0.3 is 20.0 Å². The molecule has 0 spiro atoms. The first kappa shape index (κ1) is 25.5. The van der Waals surface area contributed by atoms with Gasteiger partial charge >= 0.3 is 0 Å². The molecule has 0 aliphatic carbocycles. The molecule has 180 valence electrons. The number of guanidine groups is 1. The lowest BCUT2D eigenvalue weighted by Crippen LogP contribution is -2.62. The Morgan fingerprint density at radius 2 is 1.55 bits per heavy atom. The Morgan fingerprint density at radius 3 is 2.19 bits per heavy atom. The van der Waals surface area contributed by atoms with E-state index < -0.39 is 0 Å². The fourth-order valence-corrected chi connectivity index (χ4v) is 6.26. The van der Waals surface area contributed by atoms with Crippen molar-refractivity contribution in [1.29, 1.82) is 0 Å². The summed E-state index contributed by atoms with van der Waals surface area (Å²) < 4.78 is 0. The highest BCUT2D eigenvalue weighted by molar-refractivity contribution is 14.0. The van der Waals surface area contributed by atoms with Crippen LogP contribution in [0.2, 0.25) is 0 Å². The lowest BCUT2D eigenvalue weighted by Gasteiger charge is -2.50. The highest BCUT2D eigenvalue weighted by Gasteiger charge is 2.40. The summed E-state index contributed by atoms with van der Waals surface area (Å²) in [5.41, 5.74) is 0.315. The van der Waals surface area contributed by atoms with Gasteiger partial charge in [0.2, 0.25) is 0 Å². The summed E-state index contributed by atoms with van der Waals surface area (Å²) in [5.74, 6) is 1.95. The third-order valence-corrected chi connectivity index (χ3v) is 8.28. The van der Waals surface area contributed by atoms with E-state index in [2.05, 4.69) is 32.0 Å². The number of aliphatic imine (C=N–C) groups is 1. The highest BCUT2D eigenvalue weighted by atomic mass is 127. The molecule has 6 nitrogen and oxygen atoms in total. The Morgan fingerprint density at radius 1 is 0.903 bits per heavy atom. The average molecular weight is 547 g/mol. The van der Waals surface area contributed by atoms with Crippen molar-refractivity contribution in [3.8, 4) is 0 Å². The number of hydrogen-bond donors (Lipinski definition) is 1. The molecule has 4 aliphatic rings. The van der Waals surface area contributed by atoms with Gasteiger partial charge in [-0.2, -0.15) is 0 Å². The normalized spacial score (nSPS) is 29.0. The molecular formula is C24H47IN6. The molecule has 0 saturated carbocycles. The van der Waals surface area contributed by atoms with Crippen LogP contribution in [0, 0.1) is 5.92 Å². The fourth-order valence-electron chi connectivity index (χ4n) is 6.26. The van der Waals surface area contributed by atoms with Crippen molar-refractivity contribution >= 4 is 29.9 Å². The smallest absolute Gasteiger partial charge is 0.193 e. The Hall–Kier alpha value is -0.120. The lowest BCUT2D eigenvalue weighted by molar-refractivity contribution is 0.0170. The van der Waals surface area contributed by atoms with Crippen LogP contribution >= 0.6 is 24.0 Å². The van der Waals surface area contributed by atoms with Gasteiger partial charge in [0.05, 0.1) is 0 Å². The molecule has 1 atom stereocenters. The summed E-state index contributed by atoms with van der Waals surface area (Å²) in [7, 11) is 4.25. The van der Waals surface area contributed by atoms with Crippen molar-refractivity contribution in [2.75, 3.05) is 79.5 Å². The van der Waals surface area contributed by atoms with Gasteiger partial charge in [-0.05, 0) is 97.2 Å². The van der Waals surface area contributed by atoms with E-state index in [-0.39, 0.29) is 24.0 Å². The molecule has 4 fully saturated rings. The van der Waals surface area contributed by atoms with Crippen molar-refractivity contribution in [1.82, 2.24) is 24.9 Å². The van der Waals surface area contributed by atoms with Crippen molar-refractivity contribution in [3.05, 3.63) is 0 Å². The number of piperidine rings is 3. The quantitative estimate of drug-likeness (QED) is 0.326. The van der Waals surface area contributed by atoms with Crippen LogP contribution in [0.15, 0.2) is 4.99 Å². The first-order valence-electron chi connectivity index (χ1n) is 12.8. The van der Waals surface area contributed by atoms with Gasteiger partial charge in [0.1, 0.15) is 0 Å². The van der Waals surface area contributed by atoms with E-state index in [1.807, 2.05) is 7.05 Å². The van der Waals surface area contributed by atoms with E-state index in [0.29, 0.717) is 5.54 Å². The van der Waals surface area contributed by atoms with Gasteiger partial charge in [0.15, 0.2) is 5.96 Å². The molecule has 0 bridgehead atoms. The summed E-state index contributed by atoms with van der Waals surface area (Å²) in [6, 6.07) is 0. The second-order valence-corrected chi connectivity index (χ2v) is 10.4. The summed E-state index contributed by atoms with van der Waals surface area (Å²) in [4.78, 5) is 15.3. The first-order chi connectivity index (χ1) is 14.7. The van der Waals surface area contributed by atoms with Gasteiger partial charge in [0.25, 0.3) is 0 Å². The summed E-state index contributed by atoms with van der Waals surface area (Å²) in [5, 5.41) is 3.86. The van der Waals surface area contributed by atoms with Crippen LogP contribution in [0.3, 0.4) is 0 Å². The van der Waals surface area contributed by atoms with E-state index in [0.717, 1.165) is 25.0 Å². The molecular weight excluding hydrogens is 499 g/mol. The van der Waals surface area contributed by atoms with Crippen LogP contribution in [-0.4, -0.2) is 111 Å². The summed E-state index contributed by atoms with van der Waals surface area (Å²) in [6.07, 6.45) is 12.3. The molecule has 1 N–H and O–H groups in total. The maximum Gasteiger partial charge on any atom is 0.193 e. The fraction of sp³-hybridized carbons (Fsp3) is 0.958. The number of halogens is 1. The Balaban J connectivity index is 0.00000272. The van der Waals surface area contributed by atoms with Crippen LogP contribution in [0.5, 0.6) is 0 Å². The Kier molecular flexibility index (Phi) is 10.2. The van der Waals surface area contributed by atoms with Crippen molar-refractivity contribution in [2.24, 2.45) is 10.9 Å². The average Bonchev–Trinajstić information content (AvgIpc) is 3.25. The second-order valence-electron chi connectivity index (χ2n) is 10.4. The molecule has 0 aromatic rings. The molecule has 0 aromatic carbocycles. The zero-order valence-corrected chi connectivity index (χ0v) is 22.5. The van der Waals surface area contributed by atoms with Crippen molar-refractivity contribution in [3.63, 3.8) is 0 Å². The summed E-state index contributed by atoms with van der Waals surface area (Å²) >= 11 is 0. The number of likely N-dealkylation sites (tertiary alicyclic amines) is 4. The van der Waals surface area contributed by atoms with Crippen LogP contribution in [-0.2, 0) is 0 Å². The topological polar surface area (TPSA) is 37.4 Å². The molecule has 0 radical (unpaired) electrons. The minimum absolute atomic E-state index is 0. The third kappa shape index (κ3) is 6.70.